The van der Waals surface area contributed by atoms with Gasteiger partial charge in [0.05, 0.1) is 6.10 Å². The van der Waals surface area contributed by atoms with E-state index < -0.39 is 11.6 Å². The highest BCUT2D eigenvalue weighted by Crippen LogP contribution is 2.26. The molecule has 2 aliphatic heterocycles. The largest absolute Gasteiger partial charge is 0.368 e. The van der Waals surface area contributed by atoms with E-state index in [2.05, 4.69) is 4.90 Å². The quantitative estimate of drug-likeness (QED) is 0.849. The molecular weight excluding hydrogens is 314 g/mol. The van der Waals surface area contributed by atoms with Crippen molar-refractivity contribution in [1.82, 2.24) is 9.80 Å². The summed E-state index contributed by atoms with van der Waals surface area (Å²) < 4.78 is 32.2. The number of benzene rings is 1. The third kappa shape index (κ3) is 3.75. The Morgan fingerprint density at radius 3 is 2.75 bits per heavy atom. The molecule has 1 aromatic rings. The van der Waals surface area contributed by atoms with Crippen molar-refractivity contribution in [1.29, 1.82) is 0 Å². The van der Waals surface area contributed by atoms with Crippen LogP contribution in [0.5, 0.6) is 0 Å². The number of hydrogen-bond donors (Lipinski definition) is 0. The van der Waals surface area contributed by atoms with Gasteiger partial charge in [0.15, 0.2) is 11.6 Å². The first kappa shape index (κ1) is 17.3. The summed E-state index contributed by atoms with van der Waals surface area (Å²) in [5.41, 5.74) is 0.763. The van der Waals surface area contributed by atoms with E-state index >= 15 is 0 Å². The molecule has 3 rings (SSSR count). The summed E-state index contributed by atoms with van der Waals surface area (Å²) in [7, 11) is 0. The molecule has 132 valence electrons. The van der Waals surface area contributed by atoms with E-state index in [1.807, 2.05) is 18.7 Å². The zero-order chi connectivity index (χ0) is 17.3. The molecule has 2 heterocycles. The fourth-order valence-corrected chi connectivity index (χ4v) is 3.64. The Morgan fingerprint density at radius 1 is 1.25 bits per heavy atom. The fourth-order valence-electron chi connectivity index (χ4n) is 3.64. The molecule has 0 saturated carbocycles. The lowest BCUT2D eigenvalue weighted by Crippen LogP contribution is -2.48. The van der Waals surface area contributed by atoms with Crippen molar-refractivity contribution >= 4 is 5.91 Å². The van der Waals surface area contributed by atoms with E-state index in [4.69, 9.17) is 4.74 Å². The molecular formula is C18H24F2N2O2. The first-order valence-electron chi connectivity index (χ1n) is 8.51. The molecule has 1 aromatic carbocycles. The van der Waals surface area contributed by atoms with Crippen LogP contribution in [-0.2, 0) is 16.1 Å². The number of carbonyl (C=O) groups is 1. The monoisotopic (exact) mass is 338 g/mol. The van der Waals surface area contributed by atoms with Crippen molar-refractivity contribution in [2.45, 2.75) is 39.0 Å². The molecule has 1 amide bonds. The van der Waals surface area contributed by atoms with Gasteiger partial charge >= 0.3 is 0 Å². The van der Waals surface area contributed by atoms with Gasteiger partial charge in [-0.3, -0.25) is 9.69 Å². The van der Waals surface area contributed by atoms with E-state index in [0.29, 0.717) is 13.1 Å². The highest BCUT2D eigenvalue weighted by atomic mass is 19.2. The first-order valence-corrected chi connectivity index (χ1v) is 8.51. The average molecular weight is 338 g/mol. The van der Waals surface area contributed by atoms with E-state index in [-0.39, 0.29) is 30.6 Å². The van der Waals surface area contributed by atoms with Crippen LogP contribution >= 0.6 is 0 Å². The molecule has 0 aliphatic carbocycles. The van der Waals surface area contributed by atoms with Crippen LogP contribution in [0.1, 0.15) is 25.8 Å². The summed E-state index contributed by atoms with van der Waals surface area (Å²) in [5, 5.41) is 0. The Morgan fingerprint density at radius 2 is 2.04 bits per heavy atom. The van der Waals surface area contributed by atoms with E-state index in [1.165, 1.54) is 12.1 Å². The SMILES string of the molecule is CC(C)N1C[C@H]2CN(Cc3ccc(F)c(F)c3)CC[C@@H]2OCC1=O. The van der Waals surface area contributed by atoms with E-state index in [0.717, 1.165) is 25.1 Å². The highest BCUT2D eigenvalue weighted by Gasteiger charge is 2.36. The van der Waals surface area contributed by atoms with Crippen LogP contribution in [0.2, 0.25) is 0 Å². The third-order valence-electron chi connectivity index (χ3n) is 4.93. The predicted molar refractivity (Wildman–Crippen MR) is 86.3 cm³/mol. The molecule has 0 bridgehead atoms. The van der Waals surface area contributed by atoms with Crippen LogP contribution < -0.4 is 0 Å². The van der Waals surface area contributed by atoms with Crippen molar-refractivity contribution in [3.63, 3.8) is 0 Å². The zero-order valence-electron chi connectivity index (χ0n) is 14.2. The minimum absolute atomic E-state index is 0.0477. The fraction of sp³-hybridized carbons (Fsp3) is 0.611. The second-order valence-corrected chi connectivity index (χ2v) is 7.02. The summed E-state index contributed by atoms with van der Waals surface area (Å²) in [6.45, 7) is 7.07. The second-order valence-electron chi connectivity index (χ2n) is 7.02. The normalized spacial score (nSPS) is 25.7. The molecule has 4 nitrogen and oxygen atoms in total. The minimum atomic E-state index is -0.819. The molecule has 0 unspecified atom stereocenters. The van der Waals surface area contributed by atoms with Gasteiger partial charge in [-0.25, -0.2) is 8.78 Å². The van der Waals surface area contributed by atoms with Crippen molar-refractivity contribution in [3.8, 4) is 0 Å². The maximum Gasteiger partial charge on any atom is 0.248 e. The predicted octanol–water partition coefficient (Wildman–Crippen LogP) is 2.42. The summed E-state index contributed by atoms with van der Waals surface area (Å²) in [5.74, 6) is -1.33. The van der Waals surface area contributed by atoms with Crippen molar-refractivity contribution in [2.75, 3.05) is 26.2 Å². The van der Waals surface area contributed by atoms with Gasteiger partial charge in [0.25, 0.3) is 0 Å². The van der Waals surface area contributed by atoms with Crippen molar-refractivity contribution in [3.05, 3.63) is 35.4 Å². The molecule has 24 heavy (non-hydrogen) atoms. The van der Waals surface area contributed by atoms with Crippen molar-refractivity contribution < 1.29 is 18.3 Å². The first-order chi connectivity index (χ1) is 11.4. The Bertz CT molecular complexity index is 609. The molecule has 2 fully saturated rings. The molecule has 2 atom stereocenters. The maximum absolute atomic E-state index is 13.4. The van der Waals surface area contributed by atoms with Gasteiger partial charge in [-0.05, 0) is 38.0 Å². The topological polar surface area (TPSA) is 32.8 Å². The van der Waals surface area contributed by atoms with Crippen LogP contribution in [0.3, 0.4) is 0 Å². The van der Waals surface area contributed by atoms with Crippen LogP contribution in [-0.4, -0.2) is 54.1 Å². The zero-order valence-corrected chi connectivity index (χ0v) is 14.2. The number of carbonyl (C=O) groups excluding carboxylic acids is 1. The number of piperidine rings is 1. The molecule has 2 saturated heterocycles. The number of amides is 1. The van der Waals surface area contributed by atoms with Gasteiger partial charge < -0.3 is 9.64 Å². The Kier molecular flexibility index (Phi) is 5.15. The third-order valence-corrected chi connectivity index (χ3v) is 4.93. The van der Waals surface area contributed by atoms with Crippen LogP contribution in [0.25, 0.3) is 0 Å². The van der Waals surface area contributed by atoms with E-state index in [1.54, 1.807) is 6.07 Å². The Balaban J connectivity index is 1.67. The van der Waals surface area contributed by atoms with E-state index in [9.17, 15) is 13.6 Å². The number of halogens is 2. The standard InChI is InChI=1S/C18H24F2N2O2/c1-12(2)22-10-14-9-21(6-5-17(14)24-11-18(22)23)8-13-3-4-15(19)16(20)7-13/h3-4,7,12,14,17H,5-6,8-11H2,1-2H3/t14-,17+/m1/s1. The van der Waals surface area contributed by atoms with Crippen LogP contribution in [0.15, 0.2) is 18.2 Å². The number of nitrogens with zero attached hydrogens (tertiary/aromatic N) is 2. The second kappa shape index (κ2) is 7.15. The van der Waals surface area contributed by atoms with Crippen LogP contribution in [0.4, 0.5) is 8.78 Å². The number of fused-ring (bicyclic) bond motifs is 1. The van der Waals surface area contributed by atoms with Gasteiger partial charge in [0.2, 0.25) is 5.91 Å². The lowest BCUT2D eigenvalue weighted by atomic mass is 9.93. The van der Waals surface area contributed by atoms with Crippen molar-refractivity contribution in [2.24, 2.45) is 5.92 Å². The highest BCUT2D eigenvalue weighted by molar-refractivity contribution is 5.78. The number of likely N-dealkylation sites (tertiary alicyclic amines) is 1. The molecule has 0 aromatic heterocycles. The minimum Gasteiger partial charge on any atom is -0.368 e. The molecule has 6 heteroatoms. The lowest BCUT2D eigenvalue weighted by Gasteiger charge is -2.38. The molecule has 2 aliphatic rings. The average Bonchev–Trinajstić information content (AvgIpc) is 2.70. The number of ether oxygens (including phenoxy) is 1. The number of rotatable bonds is 3. The summed E-state index contributed by atoms with van der Waals surface area (Å²) in [4.78, 5) is 16.3. The Hall–Kier alpha value is -1.53. The van der Waals surface area contributed by atoms with Crippen LogP contribution in [0, 0.1) is 17.6 Å². The number of hydrogen-bond acceptors (Lipinski definition) is 3. The molecule has 0 radical (unpaired) electrons. The van der Waals surface area contributed by atoms with Gasteiger partial charge in [-0.2, -0.15) is 0 Å². The maximum atomic E-state index is 13.4. The van der Waals surface area contributed by atoms with Gasteiger partial charge in [0, 0.05) is 38.1 Å². The summed E-state index contributed by atoms with van der Waals surface area (Å²) in [6.07, 6.45) is 0.951. The molecule has 0 spiro atoms. The molecule has 0 N–H and O–H groups in total. The smallest absolute Gasteiger partial charge is 0.248 e. The lowest BCUT2D eigenvalue weighted by molar-refractivity contribution is -0.136. The van der Waals surface area contributed by atoms with Gasteiger partial charge in [-0.15, -0.1) is 0 Å². The van der Waals surface area contributed by atoms with Gasteiger partial charge in [0.1, 0.15) is 6.61 Å². The summed E-state index contributed by atoms with van der Waals surface area (Å²) in [6, 6.07) is 4.21. The van der Waals surface area contributed by atoms with Gasteiger partial charge in [-0.1, -0.05) is 6.07 Å². The summed E-state index contributed by atoms with van der Waals surface area (Å²) >= 11 is 0. The Labute approximate surface area is 141 Å².